The summed E-state index contributed by atoms with van der Waals surface area (Å²) in [7, 11) is 0. The maximum atomic E-state index is 12.9. The van der Waals surface area contributed by atoms with E-state index in [-0.39, 0.29) is 24.1 Å². The maximum absolute atomic E-state index is 12.9. The molecule has 0 aliphatic carbocycles. The van der Waals surface area contributed by atoms with E-state index in [1.165, 1.54) is 24.3 Å². The van der Waals surface area contributed by atoms with Crippen molar-refractivity contribution in [1.29, 1.82) is 0 Å². The van der Waals surface area contributed by atoms with Crippen LogP contribution in [0.2, 0.25) is 0 Å². The molecule has 146 valence electrons. The summed E-state index contributed by atoms with van der Waals surface area (Å²) in [4.78, 5) is 12.4. The van der Waals surface area contributed by atoms with E-state index in [2.05, 4.69) is 10.4 Å². The Balaban J connectivity index is 1.32. The second kappa shape index (κ2) is 8.43. The normalized spacial score (nSPS) is 10.7. The average Bonchev–Trinajstić information content (AvgIpc) is 3.41. The van der Waals surface area contributed by atoms with E-state index >= 15 is 0 Å². The summed E-state index contributed by atoms with van der Waals surface area (Å²) in [5, 5.41) is 6.97. The van der Waals surface area contributed by atoms with Gasteiger partial charge in [-0.1, -0.05) is 12.1 Å². The fraction of sp³-hybridized carbons (Fsp3) is 0.0909. The summed E-state index contributed by atoms with van der Waals surface area (Å²) < 4.78 is 25.8. The van der Waals surface area contributed by atoms with Gasteiger partial charge in [0, 0.05) is 18.1 Å². The third-order valence-electron chi connectivity index (χ3n) is 4.20. The zero-order chi connectivity index (χ0) is 20.1. The molecule has 4 aromatic rings. The summed E-state index contributed by atoms with van der Waals surface area (Å²) in [6.45, 7) is 0.803. The number of hydrogen-bond acceptors (Lipinski definition) is 4. The van der Waals surface area contributed by atoms with Crippen molar-refractivity contribution in [2.75, 3.05) is 5.32 Å². The van der Waals surface area contributed by atoms with Crippen molar-refractivity contribution in [3.8, 4) is 5.75 Å². The zero-order valence-corrected chi connectivity index (χ0v) is 15.4. The molecular weight excluding hydrogens is 373 g/mol. The molecule has 1 N–H and O–H groups in total. The van der Waals surface area contributed by atoms with Crippen LogP contribution in [0.4, 0.5) is 10.1 Å². The minimum atomic E-state index is -0.349. The molecule has 0 unspecified atom stereocenters. The van der Waals surface area contributed by atoms with Crippen LogP contribution in [0.25, 0.3) is 0 Å². The third kappa shape index (κ3) is 4.90. The standard InChI is InChI=1S/C22H18FN3O3/c23-17-4-8-19(9-5-17)28-15-20-10-11-21(29-20)22(27)25-18-6-2-16(3-7-18)14-26-13-1-12-24-26/h1-13H,14-15H2,(H,25,27). The molecule has 0 fully saturated rings. The van der Waals surface area contributed by atoms with Gasteiger partial charge in [0.2, 0.25) is 0 Å². The molecule has 29 heavy (non-hydrogen) atoms. The second-order valence-corrected chi connectivity index (χ2v) is 6.36. The fourth-order valence-electron chi connectivity index (χ4n) is 2.73. The first-order chi connectivity index (χ1) is 14.2. The van der Waals surface area contributed by atoms with Gasteiger partial charge in [-0.25, -0.2) is 4.39 Å². The van der Waals surface area contributed by atoms with Crippen LogP contribution < -0.4 is 10.1 Å². The van der Waals surface area contributed by atoms with E-state index in [0.29, 0.717) is 23.7 Å². The molecule has 6 nitrogen and oxygen atoms in total. The van der Waals surface area contributed by atoms with Gasteiger partial charge in [0.15, 0.2) is 5.76 Å². The number of amides is 1. The van der Waals surface area contributed by atoms with E-state index in [0.717, 1.165) is 5.56 Å². The number of halogens is 1. The number of benzene rings is 2. The van der Waals surface area contributed by atoms with Crippen molar-refractivity contribution in [3.05, 3.63) is 102 Å². The molecule has 0 saturated heterocycles. The Morgan fingerprint density at radius 2 is 1.86 bits per heavy atom. The Morgan fingerprint density at radius 1 is 1.07 bits per heavy atom. The van der Waals surface area contributed by atoms with Gasteiger partial charge in [-0.15, -0.1) is 0 Å². The molecule has 2 heterocycles. The monoisotopic (exact) mass is 391 g/mol. The highest BCUT2D eigenvalue weighted by molar-refractivity contribution is 6.02. The van der Waals surface area contributed by atoms with Crippen LogP contribution in [0, 0.1) is 5.82 Å². The highest BCUT2D eigenvalue weighted by atomic mass is 19.1. The van der Waals surface area contributed by atoms with Gasteiger partial charge in [-0.05, 0) is 60.2 Å². The summed E-state index contributed by atoms with van der Waals surface area (Å²) in [6, 6.07) is 18.4. The molecule has 0 aliphatic heterocycles. The average molecular weight is 391 g/mol. The first kappa shape index (κ1) is 18.5. The van der Waals surface area contributed by atoms with Crippen LogP contribution in [0.1, 0.15) is 21.9 Å². The number of aromatic nitrogens is 2. The summed E-state index contributed by atoms with van der Waals surface area (Å²) >= 11 is 0. The molecular formula is C22H18FN3O3. The quantitative estimate of drug-likeness (QED) is 0.504. The number of ether oxygens (including phenoxy) is 1. The molecule has 1 amide bonds. The highest BCUT2D eigenvalue weighted by Gasteiger charge is 2.12. The maximum Gasteiger partial charge on any atom is 0.291 e. The number of furan rings is 1. The van der Waals surface area contributed by atoms with Crippen LogP contribution >= 0.6 is 0 Å². The van der Waals surface area contributed by atoms with Crippen LogP contribution in [0.15, 0.2) is 83.5 Å². The number of anilines is 1. The van der Waals surface area contributed by atoms with Crippen LogP contribution in [-0.2, 0) is 13.2 Å². The van der Waals surface area contributed by atoms with Crippen molar-refractivity contribution in [3.63, 3.8) is 0 Å². The predicted octanol–water partition coefficient (Wildman–Crippen LogP) is 4.49. The predicted molar refractivity (Wildman–Crippen MR) is 105 cm³/mol. The topological polar surface area (TPSA) is 69.3 Å². The fourth-order valence-corrected chi connectivity index (χ4v) is 2.73. The Morgan fingerprint density at radius 3 is 2.59 bits per heavy atom. The van der Waals surface area contributed by atoms with Gasteiger partial charge in [0.1, 0.15) is 23.9 Å². The molecule has 7 heteroatoms. The molecule has 4 rings (SSSR count). The Hall–Kier alpha value is -3.87. The van der Waals surface area contributed by atoms with E-state index in [1.54, 1.807) is 18.3 Å². The number of nitrogens with zero attached hydrogens (tertiary/aromatic N) is 2. The minimum Gasteiger partial charge on any atom is -0.486 e. The van der Waals surface area contributed by atoms with E-state index < -0.39 is 0 Å². The number of nitrogens with one attached hydrogen (secondary N) is 1. The Bertz CT molecular complexity index is 1070. The third-order valence-corrected chi connectivity index (χ3v) is 4.20. The first-order valence-electron chi connectivity index (χ1n) is 9.00. The number of rotatable bonds is 7. The zero-order valence-electron chi connectivity index (χ0n) is 15.4. The molecule has 0 radical (unpaired) electrons. The second-order valence-electron chi connectivity index (χ2n) is 6.36. The van der Waals surface area contributed by atoms with E-state index in [1.807, 2.05) is 41.2 Å². The summed E-state index contributed by atoms with van der Waals surface area (Å²) in [6.07, 6.45) is 3.63. The Kier molecular flexibility index (Phi) is 5.38. The molecule has 0 atom stereocenters. The van der Waals surface area contributed by atoms with Crippen molar-refractivity contribution < 1.29 is 18.3 Å². The molecule has 0 spiro atoms. The largest absolute Gasteiger partial charge is 0.486 e. The van der Waals surface area contributed by atoms with E-state index in [9.17, 15) is 9.18 Å². The Labute approximate surface area is 166 Å². The van der Waals surface area contributed by atoms with Crippen molar-refractivity contribution in [2.45, 2.75) is 13.2 Å². The molecule has 0 bridgehead atoms. The highest BCUT2D eigenvalue weighted by Crippen LogP contribution is 2.17. The number of hydrogen-bond donors (Lipinski definition) is 1. The number of carbonyl (C=O) groups is 1. The van der Waals surface area contributed by atoms with Crippen LogP contribution in [0.3, 0.4) is 0 Å². The van der Waals surface area contributed by atoms with Crippen LogP contribution in [-0.4, -0.2) is 15.7 Å². The smallest absolute Gasteiger partial charge is 0.291 e. The lowest BCUT2D eigenvalue weighted by Crippen LogP contribution is -2.11. The number of carbonyl (C=O) groups excluding carboxylic acids is 1. The lowest BCUT2D eigenvalue weighted by molar-refractivity contribution is 0.0992. The van der Waals surface area contributed by atoms with Gasteiger partial charge in [0.05, 0.1) is 6.54 Å². The molecule has 2 aromatic carbocycles. The lowest BCUT2D eigenvalue weighted by Gasteiger charge is -2.06. The van der Waals surface area contributed by atoms with Gasteiger partial charge in [-0.2, -0.15) is 5.10 Å². The van der Waals surface area contributed by atoms with Gasteiger partial charge in [0.25, 0.3) is 5.91 Å². The van der Waals surface area contributed by atoms with Gasteiger partial charge in [-0.3, -0.25) is 9.48 Å². The van der Waals surface area contributed by atoms with Crippen molar-refractivity contribution in [2.24, 2.45) is 0 Å². The molecule has 0 aliphatic rings. The van der Waals surface area contributed by atoms with Gasteiger partial charge < -0.3 is 14.5 Å². The summed E-state index contributed by atoms with van der Waals surface area (Å²) in [5.41, 5.74) is 1.74. The van der Waals surface area contributed by atoms with Crippen LogP contribution in [0.5, 0.6) is 5.75 Å². The lowest BCUT2D eigenvalue weighted by atomic mass is 10.2. The minimum absolute atomic E-state index is 0.140. The SMILES string of the molecule is O=C(Nc1ccc(Cn2cccn2)cc1)c1ccc(COc2ccc(F)cc2)o1. The van der Waals surface area contributed by atoms with Gasteiger partial charge >= 0.3 is 0 Å². The summed E-state index contributed by atoms with van der Waals surface area (Å²) in [5.74, 6) is 0.517. The van der Waals surface area contributed by atoms with E-state index in [4.69, 9.17) is 9.15 Å². The molecule has 2 aromatic heterocycles. The van der Waals surface area contributed by atoms with Crippen molar-refractivity contribution >= 4 is 11.6 Å². The molecule has 0 saturated carbocycles. The van der Waals surface area contributed by atoms with Crippen molar-refractivity contribution in [1.82, 2.24) is 9.78 Å². The first-order valence-corrected chi connectivity index (χ1v) is 9.00.